The Morgan fingerprint density at radius 3 is 2.92 bits per heavy atom. The number of benzene rings is 1. The molecule has 0 fully saturated rings. The van der Waals surface area contributed by atoms with E-state index in [1.165, 1.54) is 17.4 Å². The summed E-state index contributed by atoms with van der Waals surface area (Å²) < 4.78 is 0.972. The summed E-state index contributed by atoms with van der Waals surface area (Å²) in [4.78, 5) is 0. The molecule has 1 nitrogen and oxygen atoms in total. The van der Waals surface area contributed by atoms with E-state index in [1.54, 1.807) is 0 Å². The van der Waals surface area contributed by atoms with Crippen molar-refractivity contribution < 1.29 is 5.11 Å². The topological polar surface area (TPSA) is 20.2 Å². The fourth-order valence-corrected chi connectivity index (χ4v) is 2.89. The van der Waals surface area contributed by atoms with Gasteiger partial charge in [0, 0.05) is 15.6 Å². The number of hydrogen-bond acceptors (Lipinski definition) is 2. The molecule has 0 saturated carbocycles. The second kappa shape index (κ2) is 3.37. The van der Waals surface area contributed by atoms with E-state index in [1.807, 2.05) is 11.4 Å². The average molecular weight is 233 g/mol. The maximum absolute atomic E-state index is 9.55. The Kier molecular flexibility index (Phi) is 2.37. The summed E-state index contributed by atoms with van der Waals surface area (Å²) >= 11 is 13.2. The van der Waals surface area contributed by atoms with Gasteiger partial charge >= 0.3 is 0 Å². The van der Waals surface area contributed by atoms with Gasteiger partial charge in [0.25, 0.3) is 0 Å². The molecule has 0 amide bonds. The van der Waals surface area contributed by atoms with Crippen molar-refractivity contribution in [3.8, 4) is 5.75 Å². The minimum atomic E-state index is 0.176. The molecule has 0 saturated heterocycles. The highest BCUT2D eigenvalue weighted by Crippen LogP contribution is 2.37. The molecule has 0 bridgehead atoms. The van der Waals surface area contributed by atoms with Gasteiger partial charge in [0.2, 0.25) is 0 Å². The number of alkyl halides is 1. The van der Waals surface area contributed by atoms with Crippen molar-refractivity contribution in [2.45, 2.75) is 5.88 Å². The van der Waals surface area contributed by atoms with Crippen molar-refractivity contribution in [2.24, 2.45) is 0 Å². The van der Waals surface area contributed by atoms with E-state index in [4.69, 9.17) is 23.2 Å². The minimum absolute atomic E-state index is 0.176. The van der Waals surface area contributed by atoms with Gasteiger partial charge in [-0.2, -0.15) is 0 Å². The largest absolute Gasteiger partial charge is 0.508 e. The third-order valence-corrected chi connectivity index (χ3v) is 3.46. The van der Waals surface area contributed by atoms with Gasteiger partial charge in [0.1, 0.15) is 5.75 Å². The number of thiophene rings is 1. The highest BCUT2D eigenvalue weighted by molar-refractivity contribution is 7.17. The van der Waals surface area contributed by atoms with Gasteiger partial charge in [-0.3, -0.25) is 0 Å². The van der Waals surface area contributed by atoms with Crippen LogP contribution in [0.1, 0.15) is 5.56 Å². The van der Waals surface area contributed by atoms with Crippen LogP contribution in [0.3, 0.4) is 0 Å². The van der Waals surface area contributed by atoms with Gasteiger partial charge in [-0.1, -0.05) is 11.6 Å². The molecule has 0 aliphatic heterocycles. The van der Waals surface area contributed by atoms with E-state index in [2.05, 4.69) is 0 Å². The Bertz CT molecular complexity index is 450. The average Bonchev–Trinajstić information content (AvgIpc) is 2.53. The summed E-state index contributed by atoms with van der Waals surface area (Å²) in [6.07, 6.45) is 0. The van der Waals surface area contributed by atoms with Crippen molar-refractivity contribution in [1.82, 2.24) is 0 Å². The van der Waals surface area contributed by atoms with E-state index in [-0.39, 0.29) is 5.75 Å². The SMILES string of the molecule is Oc1cc(Cl)c2ccsc2c1CCl. The van der Waals surface area contributed by atoms with Gasteiger partial charge in [-0.25, -0.2) is 0 Å². The maximum atomic E-state index is 9.55. The fourth-order valence-electron chi connectivity index (χ4n) is 1.26. The summed E-state index contributed by atoms with van der Waals surface area (Å²) in [5, 5.41) is 13.0. The number of phenolic OH excluding ortho intramolecular Hbond substituents is 1. The summed E-state index contributed by atoms with van der Waals surface area (Å²) in [7, 11) is 0. The Balaban J connectivity index is 2.88. The lowest BCUT2D eigenvalue weighted by molar-refractivity contribution is 0.472. The zero-order valence-electron chi connectivity index (χ0n) is 6.55. The highest BCUT2D eigenvalue weighted by Gasteiger charge is 2.10. The van der Waals surface area contributed by atoms with E-state index < -0.39 is 0 Å². The van der Waals surface area contributed by atoms with Crippen LogP contribution >= 0.6 is 34.5 Å². The molecule has 2 aromatic rings. The van der Waals surface area contributed by atoms with Gasteiger partial charge in [-0.15, -0.1) is 22.9 Å². The van der Waals surface area contributed by atoms with Gasteiger partial charge in [0.15, 0.2) is 0 Å². The van der Waals surface area contributed by atoms with Gasteiger partial charge in [0.05, 0.1) is 10.9 Å². The van der Waals surface area contributed by atoms with Crippen LogP contribution in [-0.2, 0) is 5.88 Å². The molecule has 4 heteroatoms. The molecule has 0 spiro atoms. The van der Waals surface area contributed by atoms with E-state index in [0.29, 0.717) is 10.9 Å². The van der Waals surface area contributed by atoms with Crippen LogP contribution < -0.4 is 0 Å². The number of aromatic hydroxyl groups is 1. The van der Waals surface area contributed by atoms with E-state index >= 15 is 0 Å². The second-order valence-corrected chi connectivity index (χ2v) is 4.24. The normalized spacial score (nSPS) is 10.9. The van der Waals surface area contributed by atoms with Crippen molar-refractivity contribution in [3.05, 3.63) is 28.1 Å². The minimum Gasteiger partial charge on any atom is -0.508 e. The van der Waals surface area contributed by atoms with Crippen molar-refractivity contribution >= 4 is 44.6 Å². The number of hydrogen-bond donors (Lipinski definition) is 1. The molecular formula is C9H6Cl2OS. The molecule has 1 aromatic carbocycles. The lowest BCUT2D eigenvalue weighted by atomic mass is 10.1. The number of fused-ring (bicyclic) bond motifs is 1. The first-order valence-corrected chi connectivity index (χ1v) is 5.46. The number of phenols is 1. The molecule has 0 unspecified atom stereocenters. The molecular weight excluding hydrogens is 227 g/mol. The van der Waals surface area contributed by atoms with Crippen LogP contribution in [0.2, 0.25) is 5.02 Å². The highest BCUT2D eigenvalue weighted by atomic mass is 35.5. The first kappa shape index (κ1) is 9.13. The number of rotatable bonds is 1. The smallest absolute Gasteiger partial charge is 0.122 e. The number of halogens is 2. The van der Waals surface area contributed by atoms with E-state index in [0.717, 1.165) is 15.6 Å². The fraction of sp³-hybridized carbons (Fsp3) is 0.111. The molecule has 0 radical (unpaired) electrons. The molecule has 68 valence electrons. The van der Waals surface area contributed by atoms with Crippen LogP contribution in [0.15, 0.2) is 17.5 Å². The lowest BCUT2D eigenvalue weighted by Crippen LogP contribution is -1.80. The van der Waals surface area contributed by atoms with Crippen LogP contribution in [-0.4, -0.2) is 5.11 Å². The third kappa shape index (κ3) is 1.39. The molecule has 1 aromatic heterocycles. The molecule has 1 N–H and O–H groups in total. The zero-order valence-corrected chi connectivity index (χ0v) is 8.88. The molecule has 13 heavy (non-hydrogen) atoms. The van der Waals surface area contributed by atoms with Crippen LogP contribution in [0, 0.1) is 0 Å². The zero-order chi connectivity index (χ0) is 9.42. The Morgan fingerprint density at radius 2 is 2.23 bits per heavy atom. The Labute approximate surface area is 89.5 Å². The van der Waals surface area contributed by atoms with E-state index in [9.17, 15) is 5.11 Å². The Hall–Kier alpha value is -0.440. The summed E-state index contributed by atoms with van der Waals surface area (Å²) in [6, 6.07) is 3.46. The van der Waals surface area contributed by atoms with Crippen LogP contribution in [0.5, 0.6) is 5.75 Å². The first-order valence-electron chi connectivity index (χ1n) is 3.67. The molecule has 0 atom stereocenters. The van der Waals surface area contributed by atoms with Crippen molar-refractivity contribution in [1.29, 1.82) is 0 Å². The predicted molar refractivity (Wildman–Crippen MR) is 58.1 cm³/mol. The molecule has 0 aliphatic rings. The standard InChI is InChI=1S/C9H6Cl2OS/c10-4-6-8(12)3-7(11)5-1-2-13-9(5)6/h1-3,12H,4H2. The Morgan fingerprint density at radius 1 is 1.46 bits per heavy atom. The van der Waals surface area contributed by atoms with Crippen LogP contribution in [0.25, 0.3) is 10.1 Å². The predicted octanol–water partition coefficient (Wildman–Crippen LogP) is 4.00. The lowest BCUT2D eigenvalue weighted by Gasteiger charge is -2.03. The summed E-state index contributed by atoms with van der Waals surface area (Å²) in [5.74, 6) is 0.481. The second-order valence-electron chi connectivity index (χ2n) is 2.65. The third-order valence-electron chi connectivity index (χ3n) is 1.90. The molecule has 2 rings (SSSR count). The summed E-state index contributed by atoms with van der Waals surface area (Å²) in [6.45, 7) is 0. The monoisotopic (exact) mass is 232 g/mol. The molecule has 0 aliphatic carbocycles. The van der Waals surface area contributed by atoms with Crippen molar-refractivity contribution in [2.75, 3.05) is 0 Å². The van der Waals surface area contributed by atoms with Crippen molar-refractivity contribution in [3.63, 3.8) is 0 Å². The molecule has 1 heterocycles. The maximum Gasteiger partial charge on any atom is 0.122 e. The summed E-state index contributed by atoms with van der Waals surface area (Å²) in [5.41, 5.74) is 0.760. The first-order chi connectivity index (χ1) is 6.24. The van der Waals surface area contributed by atoms with Gasteiger partial charge in [-0.05, 0) is 17.5 Å². The van der Waals surface area contributed by atoms with Crippen LogP contribution in [0.4, 0.5) is 0 Å². The quantitative estimate of drug-likeness (QED) is 0.738. The van der Waals surface area contributed by atoms with Gasteiger partial charge < -0.3 is 5.11 Å².